The molecule has 1 N–H and O–H groups in total. The molecule has 8 heteroatoms. The Bertz CT molecular complexity index is 714. The van der Waals surface area contributed by atoms with Crippen LogP contribution in [0.3, 0.4) is 0 Å². The van der Waals surface area contributed by atoms with Crippen LogP contribution in [0.4, 0.5) is 5.69 Å². The van der Waals surface area contributed by atoms with E-state index < -0.39 is 0 Å². The third-order valence-electron chi connectivity index (χ3n) is 5.29. The molecule has 1 aliphatic rings. The minimum atomic E-state index is -0.293. The molecule has 1 heterocycles. The van der Waals surface area contributed by atoms with E-state index in [2.05, 4.69) is 10.1 Å². The van der Waals surface area contributed by atoms with Crippen molar-refractivity contribution in [3.8, 4) is 11.5 Å². The summed E-state index contributed by atoms with van der Waals surface area (Å²) >= 11 is 0. The number of likely N-dealkylation sites (tertiary alicyclic amines) is 1. The lowest BCUT2D eigenvalue weighted by molar-refractivity contribution is -0.141. The summed E-state index contributed by atoms with van der Waals surface area (Å²) in [5.41, 5.74) is 0.627. The minimum Gasteiger partial charge on any atom is -0.497 e. The van der Waals surface area contributed by atoms with Crippen molar-refractivity contribution in [3.63, 3.8) is 0 Å². The summed E-state index contributed by atoms with van der Waals surface area (Å²) in [4.78, 5) is 37.8. The zero-order chi connectivity index (χ0) is 21.9. The van der Waals surface area contributed by atoms with Gasteiger partial charge >= 0.3 is 5.97 Å². The largest absolute Gasteiger partial charge is 0.497 e. The zero-order valence-corrected chi connectivity index (χ0v) is 18.1. The fraction of sp³-hybridized carbons (Fsp3) is 0.591. The summed E-state index contributed by atoms with van der Waals surface area (Å²) in [5.74, 6) is 1.22. The number of ether oxygens (including phenoxy) is 3. The zero-order valence-electron chi connectivity index (χ0n) is 18.1. The van der Waals surface area contributed by atoms with Crippen LogP contribution in [0.2, 0.25) is 0 Å². The smallest absolute Gasteiger partial charge is 0.305 e. The predicted molar refractivity (Wildman–Crippen MR) is 113 cm³/mol. The van der Waals surface area contributed by atoms with E-state index in [0.29, 0.717) is 48.9 Å². The first kappa shape index (κ1) is 23.5. The van der Waals surface area contributed by atoms with E-state index in [1.165, 1.54) is 7.11 Å². The highest BCUT2D eigenvalue weighted by Crippen LogP contribution is 2.26. The highest BCUT2D eigenvalue weighted by atomic mass is 16.5. The van der Waals surface area contributed by atoms with Crippen molar-refractivity contribution in [1.82, 2.24) is 4.90 Å². The van der Waals surface area contributed by atoms with Gasteiger partial charge in [-0.1, -0.05) is 0 Å². The Morgan fingerprint density at radius 3 is 2.37 bits per heavy atom. The number of esters is 1. The third kappa shape index (κ3) is 7.57. The molecule has 166 valence electrons. The van der Waals surface area contributed by atoms with Crippen molar-refractivity contribution in [2.24, 2.45) is 5.92 Å². The van der Waals surface area contributed by atoms with Crippen molar-refractivity contribution >= 4 is 23.5 Å². The molecule has 2 rings (SSSR count). The second kappa shape index (κ2) is 12.0. The van der Waals surface area contributed by atoms with E-state index in [0.717, 1.165) is 25.8 Å². The van der Waals surface area contributed by atoms with Crippen molar-refractivity contribution in [2.45, 2.75) is 44.9 Å². The van der Waals surface area contributed by atoms with Gasteiger partial charge in [0.15, 0.2) is 0 Å². The molecule has 30 heavy (non-hydrogen) atoms. The second-order valence-corrected chi connectivity index (χ2v) is 7.47. The first-order chi connectivity index (χ1) is 14.4. The minimum absolute atomic E-state index is 0.0662. The topological polar surface area (TPSA) is 94.2 Å². The number of nitrogens with one attached hydrogen (secondary N) is 1. The Labute approximate surface area is 177 Å². The van der Waals surface area contributed by atoms with Gasteiger partial charge < -0.3 is 24.4 Å². The lowest BCUT2D eigenvalue weighted by Gasteiger charge is -2.33. The lowest BCUT2D eigenvalue weighted by atomic mass is 9.93. The van der Waals surface area contributed by atoms with Crippen LogP contribution >= 0.6 is 0 Å². The Kier molecular flexibility index (Phi) is 9.44. The SMILES string of the molecule is COC(=O)CCCC(=O)N1CCC[C@@H](CCC(=O)Nc2cc(OC)cc(OC)c2)C1. The maximum Gasteiger partial charge on any atom is 0.305 e. The Morgan fingerprint density at radius 2 is 1.73 bits per heavy atom. The first-order valence-corrected chi connectivity index (χ1v) is 10.3. The molecule has 2 amide bonds. The summed E-state index contributed by atoms with van der Waals surface area (Å²) in [5, 5.41) is 2.89. The van der Waals surface area contributed by atoms with Crippen molar-refractivity contribution in [2.75, 3.05) is 39.7 Å². The number of benzene rings is 1. The number of hydrogen-bond donors (Lipinski definition) is 1. The lowest BCUT2D eigenvalue weighted by Crippen LogP contribution is -2.40. The number of rotatable bonds is 10. The van der Waals surface area contributed by atoms with E-state index in [-0.39, 0.29) is 24.2 Å². The molecule has 1 aliphatic heterocycles. The molecule has 0 aliphatic carbocycles. The van der Waals surface area contributed by atoms with Gasteiger partial charge in [0.05, 0.1) is 21.3 Å². The number of methoxy groups -OCH3 is 3. The van der Waals surface area contributed by atoms with E-state index in [1.54, 1.807) is 32.4 Å². The van der Waals surface area contributed by atoms with Gasteiger partial charge in [-0.05, 0) is 31.6 Å². The van der Waals surface area contributed by atoms with Crippen LogP contribution in [0.15, 0.2) is 18.2 Å². The quantitative estimate of drug-likeness (QED) is 0.585. The van der Waals surface area contributed by atoms with Crippen LogP contribution in [-0.2, 0) is 19.1 Å². The molecular weight excluding hydrogens is 388 g/mol. The van der Waals surface area contributed by atoms with E-state index >= 15 is 0 Å². The monoisotopic (exact) mass is 420 g/mol. The summed E-state index contributed by atoms with van der Waals surface area (Å²) < 4.78 is 15.0. The Balaban J connectivity index is 1.78. The van der Waals surface area contributed by atoms with Gasteiger partial charge in [-0.2, -0.15) is 0 Å². The number of amides is 2. The average Bonchev–Trinajstić information content (AvgIpc) is 2.77. The van der Waals surface area contributed by atoms with Crippen molar-refractivity contribution < 1.29 is 28.6 Å². The first-order valence-electron chi connectivity index (χ1n) is 10.3. The summed E-state index contributed by atoms with van der Waals surface area (Å²) in [6.07, 6.45) is 4.15. The molecule has 1 aromatic rings. The van der Waals surface area contributed by atoms with Crippen LogP contribution in [-0.4, -0.2) is 57.1 Å². The van der Waals surface area contributed by atoms with Gasteiger partial charge in [0.25, 0.3) is 0 Å². The Morgan fingerprint density at radius 1 is 1.03 bits per heavy atom. The number of anilines is 1. The normalized spacial score (nSPS) is 16.0. The second-order valence-electron chi connectivity index (χ2n) is 7.47. The third-order valence-corrected chi connectivity index (χ3v) is 5.29. The number of carbonyl (C=O) groups excluding carboxylic acids is 3. The van der Waals surface area contributed by atoms with Gasteiger partial charge in [-0.15, -0.1) is 0 Å². The van der Waals surface area contributed by atoms with Crippen LogP contribution in [0.1, 0.15) is 44.9 Å². The molecule has 1 saturated heterocycles. The fourth-order valence-corrected chi connectivity index (χ4v) is 3.61. The van der Waals surface area contributed by atoms with E-state index in [4.69, 9.17) is 9.47 Å². The molecule has 8 nitrogen and oxygen atoms in total. The van der Waals surface area contributed by atoms with Crippen LogP contribution in [0, 0.1) is 5.92 Å². The number of piperidine rings is 1. The molecule has 0 spiro atoms. The highest BCUT2D eigenvalue weighted by Gasteiger charge is 2.24. The van der Waals surface area contributed by atoms with Gasteiger partial charge in [-0.3, -0.25) is 14.4 Å². The van der Waals surface area contributed by atoms with Crippen LogP contribution in [0.5, 0.6) is 11.5 Å². The maximum atomic E-state index is 12.4. The van der Waals surface area contributed by atoms with Gasteiger partial charge in [0, 0.05) is 56.2 Å². The van der Waals surface area contributed by atoms with Crippen LogP contribution in [0.25, 0.3) is 0 Å². The standard InChI is InChI=1S/C22H32N2O6/c1-28-18-12-17(13-19(14-18)29-2)23-20(25)10-9-16-6-5-11-24(15-16)21(26)7-4-8-22(27)30-3/h12-14,16H,4-11,15H2,1-3H3,(H,23,25)/t16-/m0/s1. The predicted octanol–water partition coefficient (Wildman–Crippen LogP) is 3.00. The van der Waals surface area contributed by atoms with E-state index in [1.807, 2.05) is 4.90 Å². The summed E-state index contributed by atoms with van der Waals surface area (Å²) in [7, 11) is 4.47. The molecule has 0 radical (unpaired) electrons. The number of hydrogen-bond acceptors (Lipinski definition) is 6. The average molecular weight is 421 g/mol. The molecule has 0 bridgehead atoms. The van der Waals surface area contributed by atoms with Crippen molar-refractivity contribution in [1.29, 1.82) is 0 Å². The number of carbonyl (C=O) groups is 3. The molecule has 1 aromatic carbocycles. The van der Waals surface area contributed by atoms with Gasteiger partial charge in [-0.25, -0.2) is 0 Å². The maximum absolute atomic E-state index is 12.4. The van der Waals surface area contributed by atoms with Gasteiger partial charge in [0.2, 0.25) is 11.8 Å². The summed E-state index contributed by atoms with van der Waals surface area (Å²) in [6.45, 7) is 1.40. The van der Waals surface area contributed by atoms with E-state index in [9.17, 15) is 14.4 Å². The molecule has 0 unspecified atom stereocenters. The molecule has 1 atom stereocenters. The molecule has 0 saturated carbocycles. The molecular formula is C22H32N2O6. The highest BCUT2D eigenvalue weighted by molar-refractivity contribution is 5.91. The fourth-order valence-electron chi connectivity index (χ4n) is 3.61. The Hall–Kier alpha value is -2.77. The van der Waals surface area contributed by atoms with Crippen LogP contribution < -0.4 is 14.8 Å². The van der Waals surface area contributed by atoms with Gasteiger partial charge in [0.1, 0.15) is 11.5 Å². The number of nitrogens with zero attached hydrogens (tertiary/aromatic N) is 1. The summed E-state index contributed by atoms with van der Waals surface area (Å²) in [6, 6.07) is 5.24. The molecule has 0 aromatic heterocycles. The molecule has 1 fully saturated rings. The van der Waals surface area contributed by atoms with Crippen molar-refractivity contribution in [3.05, 3.63) is 18.2 Å².